The number of hydrogen-bond acceptors (Lipinski definition) is 1. The average molecular weight is 293 g/mol. The normalized spacial score (nSPS) is 10.5. The summed E-state index contributed by atoms with van der Waals surface area (Å²) in [7, 11) is 0. The van der Waals surface area contributed by atoms with Crippen LogP contribution in [0.2, 0.25) is 0 Å². The van der Waals surface area contributed by atoms with Gasteiger partial charge in [-0.25, -0.2) is 0 Å². The van der Waals surface area contributed by atoms with Crippen molar-refractivity contribution in [2.24, 2.45) is 0 Å². The van der Waals surface area contributed by atoms with Crippen molar-refractivity contribution in [1.82, 2.24) is 9.97 Å². The van der Waals surface area contributed by atoms with Gasteiger partial charge in [0, 0.05) is 18.6 Å². The molecule has 0 aromatic carbocycles. The topological polar surface area (TPSA) is 28.7 Å². The van der Waals surface area contributed by atoms with Crippen LogP contribution in [0.15, 0.2) is 47.5 Å². The fraction of sp³-hybridized carbons (Fsp3) is 0.100. The molecule has 86 valence electrons. The summed E-state index contributed by atoms with van der Waals surface area (Å²) in [5, 5.41) is 0. The zero-order valence-electron chi connectivity index (χ0n) is 8.00. The number of hydrogen-bond donors (Lipinski definition) is 1. The van der Waals surface area contributed by atoms with Crippen molar-refractivity contribution in [3.63, 3.8) is 0 Å². The lowest BCUT2D eigenvalue weighted by molar-refractivity contribution is -0.138. The minimum atomic E-state index is -4.27. The summed E-state index contributed by atoms with van der Waals surface area (Å²) in [6.07, 6.45) is 0.464. The van der Waals surface area contributed by atoms with Crippen LogP contribution in [0.25, 0.3) is 0 Å². The van der Waals surface area contributed by atoms with Gasteiger partial charge in [-0.3, -0.25) is 4.98 Å². The molecule has 0 aliphatic rings. The molecule has 0 saturated heterocycles. The highest BCUT2D eigenvalue weighted by Crippen LogP contribution is 2.33. The van der Waals surface area contributed by atoms with Crippen LogP contribution in [0.4, 0.5) is 13.2 Å². The molecule has 0 atom stereocenters. The Kier molecular flexibility index (Phi) is 4.54. The van der Waals surface area contributed by atoms with E-state index in [0.717, 1.165) is 6.07 Å². The van der Waals surface area contributed by atoms with Gasteiger partial charge < -0.3 is 4.98 Å². The van der Waals surface area contributed by atoms with Crippen molar-refractivity contribution in [3.05, 3.63) is 53.0 Å². The minimum Gasteiger partial charge on any atom is -0.356 e. The van der Waals surface area contributed by atoms with Gasteiger partial charge in [-0.1, -0.05) is 6.07 Å². The molecule has 16 heavy (non-hydrogen) atoms. The molecular formula is C10H8BrF3N2. The second kappa shape index (κ2) is 5.69. The molecule has 0 saturated carbocycles. The number of nitrogens with zero attached hydrogens (tertiary/aromatic N) is 1. The fourth-order valence-electron chi connectivity index (χ4n) is 0.881. The fourth-order valence-corrected chi connectivity index (χ4v) is 1.37. The van der Waals surface area contributed by atoms with Crippen LogP contribution in [0.3, 0.4) is 0 Å². The standard InChI is InChI=1S/C5H3BrF3N.C5H5N/c6-4-3(1-2-10-4)5(7,8)9;1-2-4-6-5-3-1/h1-2,10H;1-5H. The molecule has 0 amide bonds. The number of H-pyrrole nitrogens is 1. The van der Waals surface area contributed by atoms with E-state index in [0.29, 0.717) is 0 Å². The van der Waals surface area contributed by atoms with Crippen molar-refractivity contribution in [3.8, 4) is 0 Å². The van der Waals surface area contributed by atoms with Gasteiger partial charge in [-0.15, -0.1) is 0 Å². The SMILES string of the molecule is FC(F)(F)c1cc[nH]c1Br.c1ccncc1. The van der Waals surface area contributed by atoms with Crippen molar-refractivity contribution >= 4 is 15.9 Å². The van der Waals surface area contributed by atoms with Gasteiger partial charge in [0.15, 0.2) is 0 Å². The first-order chi connectivity index (χ1) is 7.52. The third-order valence-electron chi connectivity index (χ3n) is 1.57. The zero-order chi connectivity index (χ0) is 12.0. The van der Waals surface area contributed by atoms with E-state index in [1.54, 1.807) is 12.4 Å². The molecule has 0 aliphatic heterocycles. The van der Waals surface area contributed by atoms with E-state index in [9.17, 15) is 13.2 Å². The van der Waals surface area contributed by atoms with E-state index in [-0.39, 0.29) is 4.60 Å². The maximum Gasteiger partial charge on any atom is 0.418 e. The van der Waals surface area contributed by atoms with Crippen molar-refractivity contribution in [2.45, 2.75) is 6.18 Å². The summed E-state index contributed by atoms with van der Waals surface area (Å²) in [4.78, 5) is 6.16. The van der Waals surface area contributed by atoms with Gasteiger partial charge in [0.1, 0.15) is 0 Å². The third-order valence-corrected chi connectivity index (χ3v) is 2.22. The number of alkyl halides is 3. The van der Waals surface area contributed by atoms with Gasteiger partial charge in [0.05, 0.1) is 10.2 Å². The monoisotopic (exact) mass is 292 g/mol. The first kappa shape index (κ1) is 12.8. The van der Waals surface area contributed by atoms with Crippen molar-refractivity contribution in [2.75, 3.05) is 0 Å². The number of pyridine rings is 1. The summed E-state index contributed by atoms with van der Waals surface area (Å²) in [5.74, 6) is 0. The van der Waals surface area contributed by atoms with Crippen LogP contribution in [0, 0.1) is 0 Å². The predicted molar refractivity (Wildman–Crippen MR) is 57.7 cm³/mol. The van der Waals surface area contributed by atoms with Gasteiger partial charge in [0.25, 0.3) is 0 Å². The Labute approximate surface area is 98.7 Å². The Bertz CT molecular complexity index is 385. The van der Waals surface area contributed by atoms with Crippen molar-refractivity contribution in [1.29, 1.82) is 0 Å². The molecule has 0 radical (unpaired) electrons. The van der Waals surface area contributed by atoms with E-state index in [1.807, 2.05) is 18.2 Å². The molecule has 2 nitrogen and oxygen atoms in total. The molecule has 0 unspecified atom stereocenters. The van der Waals surface area contributed by atoms with E-state index >= 15 is 0 Å². The smallest absolute Gasteiger partial charge is 0.356 e. The highest BCUT2D eigenvalue weighted by molar-refractivity contribution is 9.10. The lowest BCUT2D eigenvalue weighted by atomic mass is 10.3. The molecule has 2 rings (SSSR count). The first-order valence-corrected chi connectivity index (χ1v) is 5.06. The third kappa shape index (κ3) is 4.06. The second-order valence-electron chi connectivity index (χ2n) is 2.73. The zero-order valence-corrected chi connectivity index (χ0v) is 9.59. The molecule has 2 aromatic heterocycles. The number of aromatic nitrogens is 2. The molecule has 6 heteroatoms. The van der Waals surface area contributed by atoms with Crippen LogP contribution >= 0.6 is 15.9 Å². The number of aromatic amines is 1. The Morgan fingerprint density at radius 2 is 1.75 bits per heavy atom. The molecular weight excluding hydrogens is 285 g/mol. The Morgan fingerprint density at radius 1 is 1.12 bits per heavy atom. The minimum absolute atomic E-state index is 0.0278. The molecule has 2 aromatic rings. The Hall–Kier alpha value is -1.30. The van der Waals surface area contributed by atoms with Crippen LogP contribution < -0.4 is 0 Å². The number of rotatable bonds is 0. The first-order valence-electron chi connectivity index (χ1n) is 4.27. The van der Waals surface area contributed by atoms with E-state index in [4.69, 9.17) is 0 Å². The summed E-state index contributed by atoms with van der Waals surface area (Å²) in [5.41, 5.74) is -0.674. The molecule has 1 N–H and O–H groups in total. The summed E-state index contributed by atoms with van der Waals surface area (Å²) < 4.78 is 35.5. The average Bonchev–Trinajstić information content (AvgIpc) is 2.67. The van der Waals surface area contributed by atoms with Gasteiger partial charge in [-0.2, -0.15) is 13.2 Å². The molecule has 0 aliphatic carbocycles. The summed E-state index contributed by atoms with van der Waals surface area (Å²) >= 11 is 2.73. The molecule has 2 heterocycles. The maximum atomic E-state index is 11.8. The summed E-state index contributed by atoms with van der Waals surface area (Å²) in [6.45, 7) is 0. The highest BCUT2D eigenvalue weighted by atomic mass is 79.9. The van der Waals surface area contributed by atoms with Crippen LogP contribution in [-0.2, 0) is 6.18 Å². The van der Waals surface area contributed by atoms with Gasteiger partial charge in [-0.05, 0) is 34.1 Å². The van der Waals surface area contributed by atoms with E-state index in [2.05, 4.69) is 25.9 Å². The maximum absolute atomic E-state index is 11.8. The van der Waals surface area contributed by atoms with Gasteiger partial charge >= 0.3 is 6.18 Å². The molecule has 0 bridgehead atoms. The quantitative estimate of drug-likeness (QED) is 0.784. The number of nitrogens with one attached hydrogen (secondary N) is 1. The lowest BCUT2D eigenvalue weighted by Crippen LogP contribution is -2.03. The van der Waals surface area contributed by atoms with Gasteiger partial charge in [0.2, 0.25) is 0 Å². The van der Waals surface area contributed by atoms with E-state index in [1.165, 1.54) is 6.20 Å². The largest absolute Gasteiger partial charge is 0.418 e. The number of halogens is 4. The molecule has 0 spiro atoms. The second-order valence-corrected chi connectivity index (χ2v) is 3.52. The lowest BCUT2D eigenvalue weighted by Gasteiger charge is -2.02. The van der Waals surface area contributed by atoms with Crippen LogP contribution in [-0.4, -0.2) is 9.97 Å². The Balaban J connectivity index is 0.000000181. The van der Waals surface area contributed by atoms with E-state index < -0.39 is 11.7 Å². The summed E-state index contributed by atoms with van der Waals surface area (Å²) in [6, 6.07) is 6.69. The molecule has 0 fully saturated rings. The van der Waals surface area contributed by atoms with Crippen molar-refractivity contribution < 1.29 is 13.2 Å². The Morgan fingerprint density at radius 3 is 1.94 bits per heavy atom. The van der Waals surface area contributed by atoms with Crippen LogP contribution in [0.5, 0.6) is 0 Å². The highest BCUT2D eigenvalue weighted by Gasteiger charge is 2.33. The van der Waals surface area contributed by atoms with Crippen LogP contribution in [0.1, 0.15) is 5.56 Å². The predicted octanol–water partition coefficient (Wildman–Crippen LogP) is 3.88.